The van der Waals surface area contributed by atoms with E-state index in [9.17, 15) is 5.26 Å². The Morgan fingerprint density at radius 2 is 1.80 bits per heavy atom. The summed E-state index contributed by atoms with van der Waals surface area (Å²) in [4.78, 5) is 12.5. The van der Waals surface area contributed by atoms with Gasteiger partial charge in [0.25, 0.3) is 5.92 Å². The highest BCUT2D eigenvalue weighted by Crippen LogP contribution is 2.58. The van der Waals surface area contributed by atoms with Crippen LogP contribution in [0.5, 0.6) is 0 Å². The predicted molar refractivity (Wildman–Crippen MR) is 179 cm³/mol. The smallest absolute Gasteiger partial charge is 0.276 e. The van der Waals surface area contributed by atoms with Crippen LogP contribution in [-0.2, 0) is 12.5 Å². The molecule has 7 nitrogen and oxygen atoms in total. The molecule has 1 atom stereocenters. The molecule has 46 heavy (non-hydrogen) atoms. The molecule has 0 amide bonds. The Labute approximate surface area is 275 Å². The summed E-state index contributed by atoms with van der Waals surface area (Å²) >= 11 is 5.13. The van der Waals surface area contributed by atoms with Gasteiger partial charge in [-0.1, -0.05) is 31.4 Å². The van der Waals surface area contributed by atoms with Gasteiger partial charge in [0.15, 0.2) is 0 Å². The van der Waals surface area contributed by atoms with E-state index in [0.29, 0.717) is 66.9 Å². The van der Waals surface area contributed by atoms with E-state index < -0.39 is 34.0 Å². The zero-order chi connectivity index (χ0) is 33.2. The van der Waals surface area contributed by atoms with Crippen molar-refractivity contribution in [2.75, 3.05) is 29.9 Å². The number of allylic oxidation sites excluding steroid dienone is 1. The number of halogens is 3. The Bertz CT molecular complexity index is 1660. The number of nitriles is 1. The van der Waals surface area contributed by atoms with Crippen LogP contribution in [0.3, 0.4) is 0 Å². The molecule has 5 aliphatic rings. The van der Waals surface area contributed by atoms with Gasteiger partial charge >= 0.3 is 0 Å². The SMILES string of the molecule is C=C1C(C2(C#N)CC2)=Cc2c3nc(C)nc2N1C(C)(S)C(=C)NCCCC(C)(C)N1CC(C1)CC(F)(F)c1cccc(c1F)CN3. The van der Waals surface area contributed by atoms with Gasteiger partial charge in [-0.05, 0) is 70.9 Å². The molecule has 1 unspecified atom stereocenters. The number of alkyl halides is 2. The van der Waals surface area contributed by atoms with Gasteiger partial charge < -0.3 is 15.5 Å². The summed E-state index contributed by atoms with van der Waals surface area (Å²) in [5, 5.41) is 16.9. The number of hydrogen-bond donors (Lipinski definition) is 3. The van der Waals surface area contributed by atoms with Crippen LogP contribution in [0.2, 0.25) is 0 Å². The molecule has 1 saturated carbocycles. The van der Waals surface area contributed by atoms with Gasteiger partial charge in [-0.3, -0.25) is 4.90 Å². The molecule has 244 valence electrons. The Balaban J connectivity index is 1.44. The Morgan fingerprint density at radius 3 is 2.48 bits per heavy atom. The first kappa shape index (κ1) is 32.5. The predicted octanol–water partition coefficient (Wildman–Crippen LogP) is 7.29. The molecule has 11 heteroatoms. The number of rotatable bonds is 1. The fourth-order valence-corrected chi connectivity index (χ4v) is 7.29. The van der Waals surface area contributed by atoms with Crippen molar-refractivity contribution in [3.05, 3.63) is 76.7 Å². The van der Waals surface area contributed by atoms with E-state index in [1.165, 1.54) is 18.2 Å². The van der Waals surface area contributed by atoms with E-state index in [4.69, 9.17) is 17.6 Å². The minimum Gasteiger partial charge on any atom is -0.386 e. The van der Waals surface area contributed by atoms with Crippen LogP contribution in [0.15, 0.2) is 48.3 Å². The highest BCUT2D eigenvalue weighted by molar-refractivity contribution is 7.82. The van der Waals surface area contributed by atoms with Crippen molar-refractivity contribution in [2.45, 2.75) is 82.7 Å². The molecule has 1 aromatic heterocycles. The van der Waals surface area contributed by atoms with Gasteiger partial charge in [-0.15, -0.1) is 12.6 Å². The Hall–Kier alpha value is -3.49. The molecule has 4 aliphatic heterocycles. The molecular formula is C35H42F3N7S. The van der Waals surface area contributed by atoms with Crippen LogP contribution in [0.1, 0.15) is 75.4 Å². The van der Waals surface area contributed by atoms with Crippen LogP contribution in [-0.4, -0.2) is 44.9 Å². The van der Waals surface area contributed by atoms with E-state index in [2.05, 4.69) is 53.6 Å². The summed E-state index contributed by atoms with van der Waals surface area (Å²) in [6.45, 7) is 18.4. The number of nitrogens with one attached hydrogen (secondary N) is 2. The van der Waals surface area contributed by atoms with Crippen molar-refractivity contribution in [1.82, 2.24) is 20.2 Å². The highest BCUT2D eigenvalue weighted by Gasteiger charge is 2.52. The van der Waals surface area contributed by atoms with Crippen molar-refractivity contribution in [3.8, 4) is 6.07 Å². The first-order valence-corrected chi connectivity index (χ1v) is 16.4. The molecule has 2 fully saturated rings. The molecule has 2 aromatic rings. The van der Waals surface area contributed by atoms with Gasteiger partial charge in [-0.2, -0.15) is 5.26 Å². The Morgan fingerprint density at radius 1 is 1.09 bits per heavy atom. The monoisotopic (exact) mass is 649 g/mol. The number of hydrogen-bond acceptors (Lipinski definition) is 8. The second-order valence-electron chi connectivity index (χ2n) is 14.0. The van der Waals surface area contributed by atoms with E-state index in [1.54, 1.807) is 6.92 Å². The van der Waals surface area contributed by atoms with Crippen molar-refractivity contribution in [2.24, 2.45) is 11.3 Å². The maximum Gasteiger partial charge on any atom is 0.276 e. The fourth-order valence-electron chi connectivity index (χ4n) is 6.99. The molecule has 1 aromatic carbocycles. The number of anilines is 2. The third-order valence-electron chi connectivity index (χ3n) is 10.2. The quantitative estimate of drug-likeness (QED) is 0.280. The molecule has 2 N–H and O–H groups in total. The number of aromatic nitrogens is 2. The lowest BCUT2D eigenvalue weighted by molar-refractivity contribution is -0.0806. The second kappa shape index (κ2) is 11.3. The largest absolute Gasteiger partial charge is 0.386 e. The van der Waals surface area contributed by atoms with E-state index in [-0.39, 0.29) is 23.6 Å². The lowest BCUT2D eigenvalue weighted by Crippen LogP contribution is -2.58. The van der Waals surface area contributed by atoms with Crippen LogP contribution < -0.4 is 15.5 Å². The molecule has 8 bridgehead atoms. The molecule has 7 rings (SSSR count). The summed E-state index contributed by atoms with van der Waals surface area (Å²) in [6.07, 6.45) is 4.52. The van der Waals surface area contributed by atoms with Crippen molar-refractivity contribution in [3.63, 3.8) is 0 Å². The maximum absolute atomic E-state index is 15.8. The number of aryl methyl sites for hydroxylation is 1. The van der Waals surface area contributed by atoms with Gasteiger partial charge in [0.05, 0.1) is 22.6 Å². The van der Waals surface area contributed by atoms with Gasteiger partial charge in [0.2, 0.25) is 0 Å². The van der Waals surface area contributed by atoms with Crippen LogP contribution >= 0.6 is 12.6 Å². The van der Waals surface area contributed by atoms with Crippen molar-refractivity contribution in [1.29, 1.82) is 5.26 Å². The third kappa shape index (κ3) is 5.57. The molecule has 0 radical (unpaired) electrons. The topological polar surface area (TPSA) is 80.1 Å². The molecule has 5 heterocycles. The van der Waals surface area contributed by atoms with Gasteiger partial charge in [-0.25, -0.2) is 23.1 Å². The number of thiol groups is 1. The number of fused-ring (bicyclic) bond motifs is 8. The summed E-state index contributed by atoms with van der Waals surface area (Å²) in [7, 11) is 0. The average molecular weight is 650 g/mol. The Kier molecular flexibility index (Phi) is 8.00. The standard InChI is InChI=1S/C35H42F3N7S/c1-21-28(34(20-39)12-13-34)15-26-30-41-17-25-9-7-10-27(29(25)36)35(37,38)16-24-18-44(19-24)32(4,5)11-8-14-40-22(2)33(6,46)45(21)31(26)43-23(3)42-30/h7,9-10,15,24,40,46H,1-2,8,11-14,16-19H2,3-6H3,(H,41,42,43). The van der Waals surface area contributed by atoms with Crippen LogP contribution in [0.25, 0.3) is 6.08 Å². The molecule has 1 saturated heterocycles. The lowest BCUT2D eigenvalue weighted by atomic mass is 9.84. The number of nitrogens with zero attached hydrogens (tertiary/aromatic N) is 5. The fraction of sp³-hybridized carbons (Fsp3) is 0.514. The third-order valence-corrected chi connectivity index (χ3v) is 10.7. The average Bonchev–Trinajstić information content (AvgIpc) is 3.76. The van der Waals surface area contributed by atoms with Crippen LogP contribution in [0.4, 0.5) is 24.8 Å². The van der Waals surface area contributed by atoms with Crippen molar-refractivity contribution < 1.29 is 13.2 Å². The highest BCUT2D eigenvalue weighted by atomic mass is 32.1. The first-order valence-electron chi connectivity index (χ1n) is 15.9. The minimum atomic E-state index is -3.31. The lowest BCUT2D eigenvalue weighted by Gasteiger charge is -2.50. The second-order valence-corrected chi connectivity index (χ2v) is 14.9. The van der Waals surface area contributed by atoms with Gasteiger partial charge in [0.1, 0.15) is 28.1 Å². The molecule has 0 spiro atoms. The number of benzene rings is 1. The van der Waals surface area contributed by atoms with E-state index >= 15 is 13.2 Å². The van der Waals surface area contributed by atoms with E-state index in [1.807, 2.05) is 17.9 Å². The van der Waals surface area contributed by atoms with Crippen LogP contribution in [0, 0.1) is 35.4 Å². The summed E-state index contributed by atoms with van der Waals surface area (Å²) in [6, 6.07) is 6.65. The van der Waals surface area contributed by atoms with Gasteiger partial charge in [0, 0.05) is 55.1 Å². The molecule has 1 aliphatic carbocycles. The summed E-state index contributed by atoms with van der Waals surface area (Å²) < 4.78 is 47.0. The summed E-state index contributed by atoms with van der Waals surface area (Å²) in [5.74, 6) is -3.09. The molecular weight excluding hydrogens is 607 g/mol. The zero-order valence-electron chi connectivity index (χ0n) is 27.0. The normalized spacial score (nSPS) is 28.3. The maximum atomic E-state index is 15.8. The van der Waals surface area contributed by atoms with E-state index in [0.717, 1.165) is 18.4 Å². The first-order chi connectivity index (χ1) is 21.6. The minimum absolute atomic E-state index is 0.0794. The zero-order valence-corrected chi connectivity index (χ0v) is 27.9. The summed E-state index contributed by atoms with van der Waals surface area (Å²) in [5.41, 5.74) is 1.22. The van der Waals surface area contributed by atoms with Crippen molar-refractivity contribution >= 4 is 30.3 Å².